The first kappa shape index (κ1) is 19.2. The zero-order chi connectivity index (χ0) is 19.7. The summed E-state index contributed by atoms with van der Waals surface area (Å²) in [6.07, 6.45) is 5.70. The zero-order valence-electron chi connectivity index (χ0n) is 15.3. The summed E-state index contributed by atoms with van der Waals surface area (Å²) in [5.74, 6) is -0.529. The van der Waals surface area contributed by atoms with Crippen molar-refractivity contribution in [3.8, 4) is 0 Å². The fourth-order valence-corrected chi connectivity index (χ4v) is 4.60. The Morgan fingerprint density at radius 2 is 1.75 bits per heavy atom. The van der Waals surface area contributed by atoms with Crippen molar-refractivity contribution in [2.24, 2.45) is 4.99 Å². The monoisotopic (exact) mass is 414 g/mol. The summed E-state index contributed by atoms with van der Waals surface area (Å²) >= 11 is 11.7. The summed E-state index contributed by atoms with van der Waals surface area (Å²) in [7, 11) is 0. The van der Waals surface area contributed by atoms with Crippen molar-refractivity contribution < 1.29 is 9.18 Å². The van der Waals surface area contributed by atoms with Crippen LogP contribution in [0.15, 0.2) is 53.5 Å². The first-order chi connectivity index (χ1) is 13.5. The maximum atomic E-state index is 13.8. The smallest absolute Gasteiger partial charge is 0.260 e. The molecule has 0 N–H and O–H groups in total. The first-order valence-corrected chi connectivity index (χ1v) is 10.3. The molecule has 1 spiro atoms. The lowest BCUT2D eigenvalue weighted by Crippen LogP contribution is -2.49. The molecule has 6 heteroatoms. The molecule has 2 aromatic carbocycles. The van der Waals surface area contributed by atoms with Crippen molar-refractivity contribution >= 4 is 40.4 Å². The third-order valence-corrected chi connectivity index (χ3v) is 6.07. The van der Waals surface area contributed by atoms with Gasteiger partial charge in [-0.3, -0.25) is 14.7 Å². The minimum Gasteiger partial charge on any atom is -0.271 e. The van der Waals surface area contributed by atoms with Crippen molar-refractivity contribution in [1.82, 2.24) is 4.90 Å². The number of carbonyl (C=O) groups excluding carboxylic acids is 1. The highest BCUT2D eigenvalue weighted by atomic mass is 35.5. The maximum absolute atomic E-state index is 13.8. The van der Waals surface area contributed by atoms with Crippen LogP contribution in [-0.2, 0) is 0 Å². The quantitative estimate of drug-likeness (QED) is 0.581. The van der Waals surface area contributed by atoms with Gasteiger partial charge in [-0.1, -0.05) is 48.8 Å². The molecule has 0 radical (unpaired) electrons. The number of benzene rings is 2. The van der Waals surface area contributed by atoms with E-state index in [2.05, 4.69) is 0 Å². The SMILES string of the molecule is O=C(c1ccc(Cl)cc1)N1C(=S)C(c2cccc(F)c2)=NC12CCCCCC2. The number of hydrogen-bond acceptors (Lipinski definition) is 3. The molecule has 0 aromatic heterocycles. The van der Waals surface area contributed by atoms with Gasteiger partial charge in [0.05, 0.1) is 0 Å². The lowest BCUT2D eigenvalue weighted by atomic mass is 9.99. The van der Waals surface area contributed by atoms with Crippen molar-refractivity contribution in [3.05, 3.63) is 70.5 Å². The summed E-state index contributed by atoms with van der Waals surface area (Å²) in [4.78, 5) is 20.4. The molecule has 1 fully saturated rings. The topological polar surface area (TPSA) is 32.7 Å². The first-order valence-electron chi connectivity index (χ1n) is 9.50. The second kappa shape index (κ2) is 7.72. The number of thiocarbonyl (C=S) groups is 1. The Kier molecular flexibility index (Phi) is 5.30. The van der Waals surface area contributed by atoms with Crippen LogP contribution in [-0.4, -0.2) is 27.2 Å². The van der Waals surface area contributed by atoms with Gasteiger partial charge < -0.3 is 0 Å². The molecule has 1 amide bonds. The van der Waals surface area contributed by atoms with E-state index in [-0.39, 0.29) is 11.7 Å². The molecule has 144 valence electrons. The normalized spacial score (nSPS) is 18.9. The van der Waals surface area contributed by atoms with Crippen LogP contribution in [0.3, 0.4) is 0 Å². The Hall–Kier alpha value is -2.11. The molecule has 4 rings (SSSR count). The van der Waals surface area contributed by atoms with E-state index in [1.165, 1.54) is 12.1 Å². The number of amides is 1. The highest BCUT2D eigenvalue weighted by Gasteiger charge is 2.48. The van der Waals surface area contributed by atoms with E-state index in [0.29, 0.717) is 26.8 Å². The largest absolute Gasteiger partial charge is 0.271 e. The summed E-state index contributed by atoms with van der Waals surface area (Å²) in [5.41, 5.74) is 0.969. The average Bonchev–Trinajstić information content (AvgIpc) is 2.82. The molecule has 2 aromatic rings. The van der Waals surface area contributed by atoms with Crippen molar-refractivity contribution in [2.75, 3.05) is 0 Å². The van der Waals surface area contributed by atoms with E-state index in [4.69, 9.17) is 28.8 Å². The van der Waals surface area contributed by atoms with Crippen LogP contribution in [0.1, 0.15) is 54.4 Å². The molecule has 28 heavy (non-hydrogen) atoms. The van der Waals surface area contributed by atoms with Crippen LogP contribution in [0.2, 0.25) is 5.02 Å². The van der Waals surface area contributed by atoms with Gasteiger partial charge in [0, 0.05) is 16.1 Å². The Morgan fingerprint density at radius 3 is 2.39 bits per heavy atom. The number of carbonyl (C=O) groups is 1. The standard InChI is InChI=1S/C22H20ClFN2OS/c23-17-10-8-15(9-11-17)20(27)26-21(28)19(16-6-5-7-18(24)14-16)25-22(26)12-3-1-2-4-13-22/h5-11,14H,1-4,12-13H2. The summed E-state index contributed by atoms with van der Waals surface area (Å²) in [6, 6.07) is 13.0. The van der Waals surface area contributed by atoms with Crippen LogP contribution in [0.25, 0.3) is 0 Å². The molecule has 0 saturated heterocycles. The number of nitrogens with zero attached hydrogens (tertiary/aromatic N) is 2. The summed E-state index contributed by atoms with van der Waals surface area (Å²) in [5, 5.41) is 0.571. The summed E-state index contributed by atoms with van der Waals surface area (Å²) in [6.45, 7) is 0. The van der Waals surface area contributed by atoms with E-state index in [1.54, 1.807) is 41.3 Å². The van der Waals surface area contributed by atoms with Gasteiger partial charge in [-0.15, -0.1) is 0 Å². The fraction of sp³-hybridized carbons (Fsp3) is 0.318. The van der Waals surface area contributed by atoms with Crippen LogP contribution in [0.5, 0.6) is 0 Å². The van der Waals surface area contributed by atoms with E-state index in [9.17, 15) is 9.18 Å². The molecule has 2 aliphatic rings. The number of hydrogen-bond donors (Lipinski definition) is 0. The van der Waals surface area contributed by atoms with Gasteiger partial charge in [-0.25, -0.2) is 4.39 Å². The molecular weight excluding hydrogens is 395 g/mol. The molecule has 0 atom stereocenters. The minimum absolute atomic E-state index is 0.182. The minimum atomic E-state index is -0.689. The molecule has 0 unspecified atom stereocenters. The zero-order valence-corrected chi connectivity index (χ0v) is 16.9. The van der Waals surface area contributed by atoms with Crippen molar-refractivity contribution in [2.45, 2.75) is 44.2 Å². The Morgan fingerprint density at radius 1 is 1.07 bits per heavy atom. The molecule has 1 saturated carbocycles. The maximum Gasteiger partial charge on any atom is 0.260 e. The van der Waals surface area contributed by atoms with Crippen LogP contribution in [0.4, 0.5) is 4.39 Å². The van der Waals surface area contributed by atoms with E-state index in [0.717, 1.165) is 38.5 Å². The number of rotatable bonds is 2. The summed E-state index contributed by atoms with van der Waals surface area (Å²) < 4.78 is 13.8. The Balaban J connectivity index is 1.78. The van der Waals surface area contributed by atoms with Gasteiger partial charge in [-0.2, -0.15) is 0 Å². The van der Waals surface area contributed by atoms with Crippen molar-refractivity contribution in [3.63, 3.8) is 0 Å². The molecular formula is C22H20ClFN2OS. The molecule has 1 aliphatic heterocycles. The second-order valence-corrected chi connectivity index (χ2v) is 8.14. The van der Waals surface area contributed by atoms with E-state index in [1.807, 2.05) is 0 Å². The van der Waals surface area contributed by atoms with Gasteiger partial charge in [0.2, 0.25) is 0 Å². The third kappa shape index (κ3) is 3.49. The lowest BCUT2D eigenvalue weighted by Gasteiger charge is -2.35. The van der Waals surface area contributed by atoms with E-state index >= 15 is 0 Å². The highest BCUT2D eigenvalue weighted by Crippen LogP contribution is 2.40. The van der Waals surface area contributed by atoms with Gasteiger partial charge in [0.25, 0.3) is 5.91 Å². The Labute approximate surface area is 174 Å². The van der Waals surface area contributed by atoms with E-state index < -0.39 is 5.66 Å². The molecule has 1 heterocycles. The predicted molar refractivity (Wildman–Crippen MR) is 114 cm³/mol. The van der Waals surface area contributed by atoms with Crippen LogP contribution in [0, 0.1) is 5.82 Å². The van der Waals surface area contributed by atoms with Gasteiger partial charge in [0.15, 0.2) is 0 Å². The predicted octanol–water partition coefficient (Wildman–Crippen LogP) is 5.80. The second-order valence-electron chi connectivity index (χ2n) is 7.32. The number of halogens is 2. The van der Waals surface area contributed by atoms with Gasteiger partial charge in [0.1, 0.15) is 22.2 Å². The van der Waals surface area contributed by atoms with Gasteiger partial charge in [-0.05, 0) is 62.1 Å². The van der Waals surface area contributed by atoms with Crippen LogP contribution >= 0.6 is 23.8 Å². The highest BCUT2D eigenvalue weighted by molar-refractivity contribution is 7.82. The fourth-order valence-electron chi connectivity index (χ4n) is 4.06. The Bertz CT molecular complexity index is 949. The van der Waals surface area contributed by atoms with Gasteiger partial charge >= 0.3 is 0 Å². The van der Waals surface area contributed by atoms with Crippen molar-refractivity contribution in [1.29, 1.82) is 0 Å². The molecule has 1 aliphatic carbocycles. The lowest BCUT2D eigenvalue weighted by molar-refractivity contribution is 0.0692. The third-order valence-electron chi connectivity index (χ3n) is 5.44. The molecule has 0 bridgehead atoms. The molecule has 3 nitrogen and oxygen atoms in total. The average molecular weight is 415 g/mol. The number of aliphatic imine (C=N–C) groups is 1. The van der Waals surface area contributed by atoms with Crippen LogP contribution < -0.4 is 0 Å².